The monoisotopic (exact) mass is 315 g/mol. The van der Waals surface area contributed by atoms with E-state index in [0.29, 0.717) is 22.7 Å². The minimum Gasteiger partial charge on any atom is -0.483 e. The molecule has 2 aromatic rings. The minimum absolute atomic E-state index is 0.164. The number of benzene rings is 2. The molecule has 0 radical (unpaired) electrons. The molecule has 2 aromatic carbocycles. The Hall–Kier alpha value is -2.33. The lowest BCUT2D eigenvalue weighted by Crippen LogP contribution is -2.32. The summed E-state index contributed by atoms with van der Waals surface area (Å²) in [6.07, 6.45) is 0.125. The highest BCUT2D eigenvalue weighted by Crippen LogP contribution is 2.32. The van der Waals surface area contributed by atoms with E-state index in [2.05, 4.69) is 0 Å². The second-order valence-corrected chi connectivity index (χ2v) is 5.66. The highest BCUT2D eigenvalue weighted by Gasteiger charge is 2.29. The van der Waals surface area contributed by atoms with Crippen molar-refractivity contribution >= 4 is 23.9 Å². The van der Waals surface area contributed by atoms with E-state index in [4.69, 9.17) is 16.3 Å². The topological polar surface area (TPSA) is 46.6 Å². The van der Waals surface area contributed by atoms with E-state index < -0.39 is 12.0 Å². The summed E-state index contributed by atoms with van der Waals surface area (Å²) in [6.45, 7) is 2.16. The minimum atomic E-state index is -0.405. The smallest absolute Gasteiger partial charge is 0.264 e. The molecular formula is C17H14ClNO3. The number of carbonyl (C=O) groups excluding carboxylic acids is 2. The molecule has 22 heavy (non-hydrogen) atoms. The number of imide groups is 1. The Bertz CT molecular complexity index is 727. The molecule has 0 fully saturated rings. The number of fused-ring (bicyclic) bond motifs is 1. The Morgan fingerprint density at radius 2 is 1.95 bits per heavy atom. The molecule has 1 aliphatic heterocycles. The summed E-state index contributed by atoms with van der Waals surface area (Å²) >= 11 is 5.94. The van der Waals surface area contributed by atoms with Crippen LogP contribution in [-0.4, -0.2) is 23.8 Å². The maximum atomic E-state index is 12.4. The van der Waals surface area contributed by atoms with E-state index in [1.165, 1.54) is 6.07 Å². The van der Waals surface area contributed by atoms with Gasteiger partial charge >= 0.3 is 0 Å². The maximum Gasteiger partial charge on any atom is 0.264 e. The first-order valence-electron chi connectivity index (χ1n) is 6.87. The first-order chi connectivity index (χ1) is 10.6. The standard InChI is InChI=1S/C17H14ClNO3/c1-11-2-4-12(5-3-11)16-9-19(10-20)17(21)14-8-13(18)6-7-15(14)22-16/h2-8,10,16H,9H2,1H3. The first kappa shape index (κ1) is 14.6. The molecule has 5 heteroatoms. The van der Waals surface area contributed by atoms with E-state index in [9.17, 15) is 9.59 Å². The van der Waals surface area contributed by atoms with Crippen molar-refractivity contribution in [1.82, 2.24) is 4.90 Å². The van der Waals surface area contributed by atoms with Gasteiger partial charge in [-0.3, -0.25) is 14.5 Å². The average molecular weight is 316 g/mol. The van der Waals surface area contributed by atoms with Crippen molar-refractivity contribution in [3.05, 3.63) is 64.2 Å². The van der Waals surface area contributed by atoms with Crippen molar-refractivity contribution in [3.63, 3.8) is 0 Å². The Morgan fingerprint density at radius 3 is 2.64 bits per heavy atom. The predicted molar refractivity (Wildman–Crippen MR) is 83.1 cm³/mol. The lowest BCUT2D eigenvalue weighted by molar-refractivity contribution is -0.116. The normalized spacial score (nSPS) is 17.5. The quantitative estimate of drug-likeness (QED) is 0.798. The van der Waals surface area contributed by atoms with Crippen molar-refractivity contribution in [2.75, 3.05) is 6.54 Å². The molecule has 0 N–H and O–H groups in total. The molecule has 0 saturated carbocycles. The van der Waals surface area contributed by atoms with Gasteiger partial charge in [0.25, 0.3) is 5.91 Å². The van der Waals surface area contributed by atoms with Gasteiger partial charge in [-0.25, -0.2) is 0 Å². The SMILES string of the molecule is Cc1ccc(C2CN(C=O)C(=O)c3cc(Cl)ccc3O2)cc1. The van der Waals surface area contributed by atoms with Gasteiger partial charge in [-0.05, 0) is 30.7 Å². The molecule has 1 heterocycles. The summed E-state index contributed by atoms with van der Waals surface area (Å²) in [6, 6.07) is 12.7. The van der Waals surface area contributed by atoms with Crippen LogP contribution >= 0.6 is 11.6 Å². The second kappa shape index (κ2) is 5.81. The number of ether oxygens (including phenoxy) is 1. The van der Waals surface area contributed by atoms with E-state index in [1.54, 1.807) is 12.1 Å². The van der Waals surface area contributed by atoms with Gasteiger partial charge in [-0.1, -0.05) is 41.4 Å². The Balaban J connectivity index is 2.04. The number of nitrogens with zero attached hydrogens (tertiary/aromatic N) is 1. The highest BCUT2D eigenvalue weighted by molar-refractivity contribution is 6.31. The third kappa shape index (κ3) is 2.70. The van der Waals surface area contributed by atoms with E-state index >= 15 is 0 Å². The number of rotatable bonds is 2. The molecule has 2 amide bonds. The fourth-order valence-electron chi connectivity index (χ4n) is 2.42. The van der Waals surface area contributed by atoms with Gasteiger partial charge in [-0.15, -0.1) is 0 Å². The maximum absolute atomic E-state index is 12.4. The average Bonchev–Trinajstić information content (AvgIpc) is 2.65. The first-order valence-corrected chi connectivity index (χ1v) is 7.25. The van der Waals surface area contributed by atoms with Crippen LogP contribution in [0.4, 0.5) is 0 Å². The number of aryl methyl sites for hydroxylation is 1. The summed E-state index contributed by atoms with van der Waals surface area (Å²) in [5.41, 5.74) is 2.34. The largest absolute Gasteiger partial charge is 0.483 e. The van der Waals surface area contributed by atoms with E-state index in [0.717, 1.165) is 16.0 Å². The van der Waals surface area contributed by atoms with Crippen LogP contribution < -0.4 is 4.74 Å². The zero-order valence-corrected chi connectivity index (χ0v) is 12.7. The van der Waals surface area contributed by atoms with Gasteiger partial charge in [0.1, 0.15) is 11.9 Å². The number of halogens is 1. The molecule has 4 nitrogen and oxygen atoms in total. The van der Waals surface area contributed by atoms with Gasteiger partial charge < -0.3 is 4.74 Å². The number of hydrogen-bond acceptors (Lipinski definition) is 3. The molecule has 0 aromatic heterocycles. The van der Waals surface area contributed by atoms with Crippen LogP contribution in [0.15, 0.2) is 42.5 Å². The van der Waals surface area contributed by atoms with E-state index in [1.807, 2.05) is 31.2 Å². The molecule has 3 rings (SSSR count). The second-order valence-electron chi connectivity index (χ2n) is 5.22. The fraction of sp³-hybridized carbons (Fsp3) is 0.176. The number of carbonyl (C=O) groups is 2. The molecule has 1 atom stereocenters. The molecule has 112 valence electrons. The Labute approximate surface area is 133 Å². The molecule has 1 aliphatic rings. The van der Waals surface area contributed by atoms with Crippen molar-refractivity contribution in [2.24, 2.45) is 0 Å². The highest BCUT2D eigenvalue weighted by atomic mass is 35.5. The lowest BCUT2D eigenvalue weighted by Gasteiger charge is -2.20. The summed E-state index contributed by atoms with van der Waals surface area (Å²) in [5.74, 6) is 0.0337. The molecule has 1 unspecified atom stereocenters. The Kier molecular flexibility index (Phi) is 3.86. The zero-order valence-electron chi connectivity index (χ0n) is 12.0. The summed E-state index contributed by atoms with van der Waals surface area (Å²) in [5, 5.41) is 0.426. The van der Waals surface area contributed by atoms with Crippen molar-refractivity contribution in [3.8, 4) is 5.75 Å². The van der Waals surface area contributed by atoms with Crippen LogP contribution in [0, 0.1) is 6.92 Å². The van der Waals surface area contributed by atoms with Crippen LogP contribution in [0.2, 0.25) is 5.02 Å². The van der Waals surface area contributed by atoms with Crippen LogP contribution in [0.5, 0.6) is 5.75 Å². The third-order valence-corrected chi connectivity index (χ3v) is 3.88. The fourth-order valence-corrected chi connectivity index (χ4v) is 2.60. The Morgan fingerprint density at radius 1 is 1.23 bits per heavy atom. The van der Waals surface area contributed by atoms with Crippen molar-refractivity contribution < 1.29 is 14.3 Å². The molecule has 0 spiro atoms. The van der Waals surface area contributed by atoms with Gasteiger partial charge in [-0.2, -0.15) is 0 Å². The van der Waals surface area contributed by atoms with Crippen LogP contribution in [-0.2, 0) is 4.79 Å². The van der Waals surface area contributed by atoms with Crippen LogP contribution in [0.25, 0.3) is 0 Å². The molecular weight excluding hydrogens is 302 g/mol. The van der Waals surface area contributed by atoms with Crippen molar-refractivity contribution in [1.29, 1.82) is 0 Å². The van der Waals surface area contributed by atoms with Crippen LogP contribution in [0.1, 0.15) is 27.6 Å². The molecule has 0 aliphatic carbocycles. The number of hydrogen-bond donors (Lipinski definition) is 0. The lowest BCUT2D eigenvalue weighted by atomic mass is 10.1. The summed E-state index contributed by atoms with van der Waals surface area (Å²) in [7, 11) is 0. The van der Waals surface area contributed by atoms with Gasteiger partial charge in [0.15, 0.2) is 0 Å². The third-order valence-electron chi connectivity index (χ3n) is 3.64. The van der Waals surface area contributed by atoms with Crippen molar-refractivity contribution in [2.45, 2.75) is 13.0 Å². The van der Waals surface area contributed by atoms with Gasteiger partial charge in [0, 0.05) is 5.02 Å². The van der Waals surface area contributed by atoms with Gasteiger partial charge in [0.05, 0.1) is 12.1 Å². The summed E-state index contributed by atoms with van der Waals surface area (Å²) < 4.78 is 5.96. The van der Waals surface area contributed by atoms with Gasteiger partial charge in [0.2, 0.25) is 6.41 Å². The number of amides is 2. The summed E-state index contributed by atoms with van der Waals surface area (Å²) in [4.78, 5) is 24.8. The predicted octanol–water partition coefficient (Wildman–Crippen LogP) is 3.38. The van der Waals surface area contributed by atoms with Crippen LogP contribution in [0.3, 0.4) is 0 Å². The molecule has 0 bridgehead atoms. The molecule has 0 saturated heterocycles. The van der Waals surface area contributed by atoms with E-state index in [-0.39, 0.29) is 6.54 Å². The zero-order chi connectivity index (χ0) is 15.7.